The molecule has 0 unspecified atom stereocenters. The van der Waals surface area contributed by atoms with Crippen LogP contribution in [0.3, 0.4) is 0 Å². The Bertz CT molecular complexity index is 1130. The first-order valence-corrected chi connectivity index (χ1v) is 13.1. The second kappa shape index (κ2) is 9.24. The van der Waals surface area contributed by atoms with Crippen molar-refractivity contribution < 1.29 is 13.2 Å². The van der Waals surface area contributed by atoms with E-state index in [1.165, 1.54) is 15.2 Å². The summed E-state index contributed by atoms with van der Waals surface area (Å²) < 4.78 is 27.8. The van der Waals surface area contributed by atoms with Crippen LogP contribution in [0, 0.1) is 0 Å². The number of benzene rings is 2. The topological polar surface area (TPSA) is 66.5 Å². The monoisotopic (exact) mass is 458 g/mol. The summed E-state index contributed by atoms with van der Waals surface area (Å²) in [6.07, 6.45) is 0.693. The lowest BCUT2D eigenvalue weighted by Gasteiger charge is -2.20. The Hall–Kier alpha value is -2.29. The molecule has 0 saturated heterocycles. The highest BCUT2D eigenvalue weighted by Crippen LogP contribution is 2.32. The van der Waals surface area contributed by atoms with E-state index in [4.69, 9.17) is 0 Å². The van der Waals surface area contributed by atoms with Gasteiger partial charge in [-0.15, -0.1) is 11.3 Å². The van der Waals surface area contributed by atoms with Gasteiger partial charge in [-0.05, 0) is 47.7 Å². The smallest absolute Gasteiger partial charge is 0.264 e. The maximum atomic E-state index is 13.2. The fourth-order valence-corrected chi connectivity index (χ4v) is 6.64. The Labute approximate surface area is 185 Å². The van der Waals surface area contributed by atoms with Gasteiger partial charge in [0, 0.05) is 35.0 Å². The third kappa shape index (κ3) is 4.55. The second-order valence-electron chi connectivity index (χ2n) is 6.87. The minimum atomic E-state index is -3.71. The van der Waals surface area contributed by atoms with Gasteiger partial charge in [-0.25, -0.2) is 8.42 Å². The second-order valence-corrected chi connectivity index (χ2v) is 10.9. The molecule has 3 aromatic rings. The summed E-state index contributed by atoms with van der Waals surface area (Å²) in [5.74, 6) is 1.47. The molecule has 1 aliphatic heterocycles. The summed E-state index contributed by atoms with van der Waals surface area (Å²) >= 11 is 3.48. The highest BCUT2D eigenvalue weighted by Gasteiger charge is 2.30. The number of para-hydroxylation sites is 1. The van der Waals surface area contributed by atoms with Crippen LogP contribution in [0.2, 0.25) is 0 Å². The van der Waals surface area contributed by atoms with Gasteiger partial charge in [-0.2, -0.15) is 11.8 Å². The Kier molecular flexibility index (Phi) is 6.46. The van der Waals surface area contributed by atoms with Crippen LogP contribution in [0.25, 0.3) is 0 Å². The highest BCUT2D eigenvalue weighted by atomic mass is 32.2. The predicted molar refractivity (Wildman–Crippen MR) is 124 cm³/mol. The molecule has 2 heterocycles. The van der Waals surface area contributed by atoms with Crippen molar-refractivity contribution in [1.29, 1.82) is 0 Å². The van der Waals surface area contributed by atoms with E-state index in [-0.39, 0.29) is 10.8 Å². The van der Waals surface area contributed by atoms with Gasteiger partial charge in [0.15, 0.2) is 0 Å². The molecule has 1 N–H and O–H groups in total. The molecule has 0 fully saturated rings. The summed E-state index contributed by atoms with van der Waals surface area (Å²) in [7, 11) is -3.71. The van der Waals surface area contributed by atoms with Crippen LogP contribution in [0.1, 0.15) is 20.8 Å². The van der Waals surface area contributed by atoms with Crippen molar-refractivity contribution in [2.45, 2.75) is 17.1 Å². The molecule has 1 aromatic heterocycles. The molecule has 0 atom stereocenters. The van der Waals surface area contributed by atoms with Crippen LogP contribution in [-0.2, 0) is 22.2 Å². The molecule has 30 heavy (non-hydrogen) atoms. The van der Waals surface area contributed by atoms with Crippen LogP contribution >= 0.6 is 23.1 Å². The van der Waals surface area contributed by atoms with Crippen molar-refractivity contribution in [2.75, 3.05) is 23.1 Å². The van der Waals surface area contributed by atoms with Gasteiger partial charge >= 0.3 is 0 Å². The van der Waals surface area contributed by atoms with Gasteiger partial charge in [0.2, 0.25) is 0 Å². The molecule has 1 amide bonds. The Morgan fingerprint density at radius 2 is 1.97 bits per heavy atom. The van der Waals surface area contributed by atoms with Crippen LogP contribution in [0.5, 0.6) is 0 Å². The van der Waals surface area contributed by atoms with Crippen molar-refractivity contribution in [2.24, 2.45) is 0 Å². The molecule has 8 heteroatoms. The number of nitrogens with one attached hydrogen (secondary N) is 1. The molecule has 1 aliphatic rings. The average molecular weight is 459 g/mol. The number of fused-ring (bicyclic) bond motifs is 1. The van der Waals surface area contributed by atoms with Gasteiger partial charge < -0.3 is 5.32 Å². The highest BCUT2D eigenvalue weighted by molar-refractivity contribution is 7.98. The van der Waals surface area contributed by atoms with Crippen molar-refractivity contribution in [3.63, 3.8) is 0 Å². The number of thioether (sulfide) groups is 1. The van der Waals surface area contributed by atoms with Gasteiger partial charge in [0.25, 0.3) is 15.9 Å². The minimum Gasteiger partial charge on any atom is -0.351 e. The Balaban J connectivity index is 1.39. The number of hydrogen-bond acceptors (Lipinski definition) is 5. The Morgan fingerprint density at radius 3 is 2.80 bits per heavy atom. The lowest BCUT2D eigenvalue weighted by molar-refractivity contribution is 0.0956. The third-order valence-corrected chi connectivity index (χ3v) is 8.76. The normalized spacial score (nSPS) is 13.3. The zero-order valence-corrected chi connectivity index (χ0v) is 18.7. The number of sulfonamides is 1. The van der Waals surface area contributed by atoms with E-state index in [1.54, 1.807) is 41.3 Å². The fraction of sp³-hybridized carbons (Fsp3) is 0.227. The van der Waals surface area contributed by atoms with E-state index in [2.05, 4.69) is 16.8 Å². The summed E-state index contributed by atoms with van der Waals surface area (Å²) in [5, 5.41) is 4.93. The summed E-state index contributed by atoms with van der Waals surface area (Å²) in [5.41, 5.74) is 2.09. The molecule has 0 saturated carbocycles. The first kappa shape index (κ1) is 21.0. The third-order valence-electron chi connectivity index (χ3n) is 4.89. The van der Waals surface area contributed by atoms with Crippen molar-refractivity contribution in [3.05, 3.63) is 82.0 Å². The first-order chi connectivity index (χ1) is 14.6. The summed E-state index contributed by atoms with van der Waals surface area (Å²) in [6, 6.07) is 17.9. The van der Waals surface area contributed by atoms with Gasteiger partial charge in [0.1, 0.15) is 0 Å². The maximum absolute atomic E-state index is 13.2. The van der Waals surface area contributed by atoms with E-state index >= 15 is 0 Å². The molecule has 0 bridgehead atoms. The number of thiophene rings is 1. The number of rotatable bonds is 8. The molecule has 0 radical (unpaired) electrons. The van der Waals surface area contributed by atoms with Gasteiger partial charge in [-0.3, -0.25) is 9.10 Å². The molecule has 0 spiro atoms. The fourth-order valence-electron chi connectivity index (χ4n) is 3.39. The quantitative estimate of drug-likeness (QED) is 0.515. The maximum Gasteiger partial charge on any atom is 0.264 e. The number of carbonyl (C=O) groups is 1. The summed E-state index contributed by atoms with van der Waals surface area (Å²) in [4.78, 5) is 14.0. The number of hydrogen-bond donors (Lipinski definition) is 1. The van der Waals surface area contributed by atoms with E-state index in [9.17, 15) is 13.2 Å². The van der Waals surface area contributed by atoms with E-state index < -0.39 is 10.0 Å². The molecular weight excluding hydrogens is 436 g/mol. The average Bonchev–Trinajstić information content (AvgIpc) is 3.43. The van der Waals surface area contributed by atoms with E-state index in [1.807, 2.05) is 30.3 Å². The van der Waals surface area contributed by atoms with Crippen LogP contribution < -0.4 is 9.62 Å². The largest absolute Gasteiger partial charge is 0.351 e. The molecule has 5 nitrogen and oxygen atoms in total. The van der Waals surface area contributed by atoms with Crippen molar-refractivity contribution >= 4 is 44.7 Å². The van der Waals surface area contributed by atoms with Crippen molar-refractivity contribution in [1.82, 2.24) is 5.32 Å². The number of carbonyl (C=O) groups excluding carboxylic acids is 1. The first-order valence-electron chi connectivity index (χ1n) is 9.65. The molecular formula is C22H22N2O3S3. The molecule has 4 rings (SSSR count). The SMILES string of the molecule is O=C(NCCSCc1cccs1)c1cccc(S(=O)(=O)N2CCc3ccccc32)c1. The number of amides is 1. The van der Waals surface area contributed by atoms with Crippen LogP contribution in [0.4, 0.5) is 5.69 Å². The lowest BCUT2D eigenvalue weighted by Crippen LogP contribution is -2.30. The predicted octanol–water partition coefficient (Wildman–Crippen LogP) is 4.16. The minimum absolute atomic E-state index is 0.138. The number of nitrogens with zero attached hydrogens (tertiary/aromatic N) is 1. The zero-order valence-electron chi connectivity index (χ0n) is 16.3. The molecule has 0 aliphatic carbocycles. The molecule has 2 aromatic carbocycles. The standard InChI is InChI=1S/C22H22N2O3S3/c25-22(23-11-14-28-16-19-7-4-13-29-19)18-6-3-8-20(15-18)30(26,27)24-12-10-17-5-1-2-9-21(17)24/h1-9,13,15H,10-12,14,16H2,(H,23,25). The van der Waals surface area contributed by atoms with E-state index in [0.717, 1.165) is 22.8 Å². The number of anilines is 1. The van der Waals surface area contributed by atoms with Crippen LogP contribution in [-0.4, -0.2) is 33.2 Å². The molecule has 156 valence electrons. The van der Waals surface area contributed by atoms with Gasteiger partial charge in [0.05, 0.1) is 10.6 Å². The van der Waals surface area contributed by atoms with Crippen LogP contribution in [0.15, 0.2) is 70.9 Å². The zero-order chi connectivity index (χ0) is 21.0. The van der Waals surface area contributed by atoms with E-state index in [0.29, 0.717) is 25.1 Å². The van der Waals surface area contributed by atoms with Gasteiger partial charge in [-0.1, -0.05) is 30.3 Å². The lowest BCUT2D eigenvalue weighted by atomic mass is 10.2. The summed E-state index contributed by atoms with van der Waals surface area (Å²) in [6.45, 7) is 0.949. The van der Waals surface area contributed by atoms with Crippen molar-refractivity contribution in [3.8, 4) is 0 Å². The Morgan fingerprint density at radius 1 is 1.10 bits per heavy atom.